The minimum atomic E-state index is 1.09. The van der Waals surface area contributed by atoms with Gasteiger partial charge < -0.3 is 28.1 Å². The summed E-state index contributed by atoms with van der Waals surface area (Å²) in [4.78, 5) is 4.70. The molecule has 6 nitrogen and oxygen atoms in total. The molecule has 0 saturated carbocycles. The fourth-order valence-corrected chi connectivity index (χ4v) is 17.4. The number of rotatable bonds is 14. The highest BCUT2D eigenvalue weighted by Gasteiger charge is 2.23. The smallest absolute Gasteiger partial charge is 0.0541 e. The van der Waals surface area contributed by atoms with Crippen LogP contribution in [0.5, 0.6) is 0 Å². The molecule has 0 unspecified atom stereocenters. The third kappa shape index (κ3) is 11.9. The Bertz CT molecular complexity index is 7330. The minimum absolute atomic E-state index is 1.09. The molecule has 6 heteroatoms. The Morgan fingerprint density at radius 2 is 0.342 bits per heavy atom. The number of hydrogen-bond donors (Lipinski definition) is 0. The van der Waals surface area contributed by atoms with Crippen molar-refractivity contribution in [2.24, 2.45) is 0 Å². The molecule has 22 aromatic rings. The molecule has 536 valence electrons. The van der Waals surface area contributed by atoms with E-state index in [9.17, 15) is 0 Å². The van der Waals surface area contributed by atoms with E-state index in [1.807, 2.05) is 0 Å². The zero-order valence-electron chi connectivity index (χ0n) is 62.4. The van der Waals surface area contributed by atoms with E-state index in [4.69, 9.17) is 0 Å². The van der Waals surface area contributed by atoms with E-state index in [2.05, 4.69) is 477 Å². The molecule has 4 heterocycles. The third-order valence-corrected chi connectivity index (χ3v) is 22.6. The van der Waals surface area contributed by atoms with Gasteiger partial charge in [-0.25, -0.2) is 0 Å². The van der Waals surface area contributed by atoms with E-state index >= 15 is 0 Å². The molecule has 0 atom stereocenters. The van der Waals surface area contributed by atoms with E-state index in [0.29, 0.717) is 0 Å². The maximum atomic E-state index is 2.41. The Kier molecular flexibility index (Phi) is 16.8. The van der Waals surface area contributed by atoms with Crippen molar-refractivity contribution in [2.45, 2.75) is 0 Å². The first-order valence-corrected chi connectivity index (χ1v) is 39.0. The molecule has 0 fully saturated rings. The lowest BCUT2D eigenvalue weighted by molar-refractivity contribution is 1.17. The fourth-order valence-electron chi connectivity index (χ4n) is 17.4. The summed E-state index contributed by atoms with van der Waals surface area (Å²) in [7, 11) is 0. The average Bonchev–Trinajstić information content (AvgIpc) is 1.59. The molecule has 0 aliphatic rings. The van der Waals surface area contributed by atoms with E-state index in [-0.39, 0.29) is 0 Å². The first-order valence-electron chi connectivity index (χ1n) is 39.0. The van der Waals surface area contributed by atoms with Crippen LogP contribution in [0.4, 0.5) is 34.1 Å². The second-order valence-electron chi connectivity index (χ2n) is 29.2. The molecule has 18 aromatic carbocycles. The minimum Gasteiger partial charge on any atom is -0.310 e. The van der Waals surface area contributed by atoms with Gasteiger partial charge in [0.1, 0.15) is 0 Å². The van der Waals surface area contributed by atoms with Gasteiger partial charge in [0.15, 0.2) is 0 Å². The summed E-state index contributed by atoms with van der Waals surface area (Å²) >= 11 is 0. The molecule has 0 bridgehead atoms. The zero-order chi connectivity index (χ0) is 75.4. The second kappa shape index (κ2) is 28.6. The molecular formula is C108H74N6. The van der Waals surface area contributed by atoms with Crippen molar-refractivity contribution in [1.29, 1.82) is 0 Å². The topological polar surface area (TPSA) is 26.2 Å². The summed E-state index contributed by atoms with van der Waals surface area (Å²) < 4.78 is 9.57. The lowest BCUT2D eigenvalue weighted by atomic mass is 10.0. The SMILES string of the molecule is c1ccc(-c2ccc(N(c3ccccc3)c3cccc(-n4c5ccccc5c5cc(-c6ccc7c(c6)c6ccccc6n7-c6ccccc6)ccc54)c3)cc2)cc1.c1ccc(-c2cccc(N(c3ccccc3)c3cccc(-n4c5ccccc5c5cc(-c6ccc7c(c6)c6ccccc6n7-c6ccccc6)ccc54)c3)c2)cc1. The van der Waals surface area contributed by atoms with Gasteiger partial charge in [0.25, 0.3) is 0 Å². The maximum absolute atomic E-state index is 2.41. The summed E-state index contributed by atoms with van der Waals surface area (Å²) in [5, 5.41) is 9.95. The third-order valence-electron chi connectivity index (χ3n) is 22.6. The Morgan fingerprint density at radius 1 is 0.123 bits per heavy atom. The number of fused-ring (bicyclic) bond motifs is 12. The van der Waals surface area contributed by atoms with Crippen LogP contribution in [-0.4, -0.2) is 18.3 Å². The van der Waals surface area contributed by atoms with E-state index in [0.717, 1.165) is 45.5 Å². The number of hydrogen-bond acceptors (Lipinski definition) is 2. The first kappa shape index (κ1) is 66.9. The van der Waals surface area contributed by atoms with Crippen molar-refractivity contribution >= 4 is 121 Å². The van der Waals surface area contributed by atoms with Gasteiger partial charge in [-0.3, -0.25) is 0 Å². The molecule has 0 radical (unpaired) electrons. The average molecular weight is 1460 g/mol. The van der Waals surface area contributed by atoms with Crippen LogP contribution in [0.25, 0.3) is 154 Å². The van der Waals surface area contributed by atoms with Gasteiger partial charge >= 0.3 is 0 Å². The molecule has 0 saturated heterocycles. The Morgan fingerprint density at radius 3 is 0.711 bits per heavy atom. The largest absolute Gasteiger partial charge is 0.310 e. The fraction of sp³-hybridized carbons (Fsp3) is 0. The predicted octanol–water partition coefficient (Wildman–Crippen LogP) is 29.4. The summed E-state index contributed by atoms with van der Waals surface area (Å²) in [6.45, 7) is 0. The van der Waals surface area contributed by atoms with E-state index in [1.165, 1.54) is 143 Å². The van der Waals surface area contributed by atoms with Crippen molar-refractivity contribution in [3.05, 3.63) is 449 Å². The van der Waals surface area contributed by atoms with Crippen LogP contribution in [0.1, 0.15) is 0 Å². The van der Waals surface area contributed by atoms with E-state index in [1.54, 1.807) is 0 Å². The van der Waals surface area contributed by atoms with E-state index < -0.39 is 0 Å². The Balaban J connectivity index is 0.000000143. The standard InChI is InChI=1S/2C54H37N3/c1-4-16-38(17-5-1)39-18-14-23-44(34-39)55(42-19-6-2-7-20-42)45-24-15-25-46(37-45)57-52-29-13-11-27-48(52)50-36-41(31-33-54(50)57)40-30-32-53-49(35-40)47-26-10-12-28-51(47)56(53)43-21-8-3-9-22-43;1-4-15-38(16-5-1)39-27-31-44(32-28-39)55(42-17-6-2-7-18-42)45-21-14-22-46(37-45)57-52-26-13-11-24-48(52)50-36-41(30-34-54(50)57)40-29-33-53-49(35-40)47-23-10-12-25-51(47)56(53)43-19-8-3-9-20-43/h2*1-37H. The number of nitrogens with zero attached hydrogens (tertiary/aromatic N) is 6. The molecule has 114 heavy (non-hydrogen) atoms. The highest BCUT2D eigenvalue weighted by Crippen LogP contribution is 2.45. The normalized spacial score (nSPS) is 11.5. The van der Waals surface area contributed by atoms with Crippen LogP contribution in [-0.2, 0) is 0 Å². The monoisotopic (exact) mass is 1450 g/mol. The van der Waals surface area contributed by atoms with Gasteiger partial charge in [-0.2, -0.15) is 0 Å². The molecular weight excluding hydrogens is 1380 g/mol. The highest BCUT2D eigenvalue weighted by molar-refractivity contribution is 6.15. The van der Waals surface area contributed by atoms with Gasteiger partial charge in [-0.05, 0) is 226 Å². The predicted molar refractivity (Wildman–Crippen MR) is 481 cm³/mol. The molecule has 0 aliphatic heterocycles. The quantitative estimate of drug-likeness (QED) is 0.108. The molecule has 4 aromatic heterocycles. The molecule has 0 N–H and O–H groups in total. The van der Waals surface area contributed by atoms with Crippen LogP contribution in [0, 0.1) is 0 Å². The van der Waals surface area contributed by atoms with Gasteiger partial charge in [0.05, 0.1) is 44.1 Å². The van der Waals surface area contributed by atoms with Gasteiger partial charge in [0, 0.05) is 100.0 Å². The summed E-state index contributed by atoms with van der Waals surface area (Å²) in [6, 6.07) is 162. The lowest BCUT2D eigenvalue weighted by Crippen LogP contribution is -2.10. The van der Waals surface area contributed by atoms with Gasteiger partial charge in [-0.15, -0.1) is 0 Å². The first-order chi connectivity index (χ1) is 56.6. The van der Waals surface area contributed by atoms with Gasteiger partial charge in [0.2, 0.25) is 0 Å². The van der Waals surface area contributed by atoms with Crippen LogP contribution >= 0.6 is 0 Å². The lowest BCUT2D eigenvalue weighted by Gasteiger charge is -2.26. The van der Waals surface area contributed by atoms with Crippen LogP contribution < -0.4 is 9.80 Å². The molecule has 0 aliphatic carbocycles. The Labute approximate surface area is 661 Å². The summed E-state index contributed by atoms with van der Waals surface area (Å²) in [5.41, 5.74) is 30.3. The Hall–Kier alpha value is -15.2. The molecule has 22 rings (SSSR count). The number of para-hydroxylation sites is 8. The van der Waals surface area contributed by atoms with Crippen LogP contribution in [0.2, 0.25) is 0 Å². The van der Waals surface area contributed by atoms with Crippen molar-refractivity contribution < 1.29 is 0 Å². The number of benzene rings is 18. The van der Waals surface area contributed by atoms with Gasteiger partial charge in [-0.1, -0.05) is 267 Å². The molecule has 0 amide bonds. The second-order valence-corrected chi connectivity index (χ2v) is 29.2. The number of anilines is 6. The van der Waals surface area contributed by atoms with Crippen molar-refractivity contribution in [3.8, 4) is 67.3 Å². The number of aromatic nitrogens is 4. The van der Waals surface area contributed by atoms with Crippen LogP contribution in [0.3, 0.4) is 0 Å². The van der Waals surface area contributed by atoms with Crippen molar-refractivity contribution in [2.75, 3.05) is 9.80 Å². The van der Waals surface area contributed by atoms with Crippen molar-refractivity contribution in [3.63, 3.8) is 0 Å². The zero-order valence-corrected chi connectivity index (χ0v) is 62.4. The highest BCUT2D eigenvalue weighted by atomic mass is 15.2. The van der Waals surface area contributed by atoms with Crippen molar-refractivity contribution in [1.82, 2.24) is 18.3 Å². The maximum Gasteiger partial charge on any atom is 0.0541 e. The summed E-state index contributed by atoms with van der Waals surface area (Å²) in [5.74, 6) is 0. The molecule has 0 spiro atoms. The summed E-state index contributed by atoms with van der Waals surface area (Å²) in [6.07, 6.45) is 0. The van der Waals surface area contributed by atoms with Crippen LogP contribution in [0.15, 0.2) is 449 Å².